The zero-order valence-corrected chi connectivity index (χ0v) is 9.24. The Morgan fingerprint density at radius 1 is 1.46 bits per heavy atom. The Morgan fingerprint density at radius 2 is 2.23 bits per heavy atom. The highest BCUT2D eigenvalue weighted by molar-refractivity contribution is 8.10. The van der Waals surface area contributed by atoms with Crippen molar-refractivity contribution in [1.82, 2.24) is 0 Å². The molecule has 0 bridgehead atoms. The van der Waals surface area contributed by atoms with E-state index >= 15 is 0 Å². The molecule has 0 radical (unpaired) electrons. The van der Waals surface area contributed by atoms with E-state index in [4.69, 9.17) is 32.5 Å². The summed E-state index contributed by atoms with van der Waals surface area (Å²) in [4.78, 5) is 0. The molecule has 0 spiro atoms. The third-order valence-electron chi connectivity index (χ3n) is 1.77. The first-order chi connectivity index (χ1) is 6.23. The molecule has 1 atom stereocenters. The molecule has 1 aliphatic heterocycles. The van der Waals surface area contributed by atoms with Crippen LogP contribution in [-0.4, -0.2) is 5.62 Å². The molecule has 1 unspecified atom stereocenters. The second-order valence-electron chi connectivity index (χ2n) is 2.70. The van der Waals surface area contributed by atoms with Crippen molar-refractivity contribution in [3.8, 4) is 5.75 Å². The smallest absolute Gasteiger partial charge is 0.253 e. The van der Waals surface area contributed by atoms with Crippen LogP contribution in [0.1, 0.15) is 5.56 Å². The molecule has 2 nitrogen and oxygen atoms in total. The van der Waals surface area contributed by atoms with Crippen molar-refractivity contribution in [3.63, 3.8) is 0 Å². The molecule has 0 N–H and O–H groups in total. The van der Waals surface area contributed by atoms with Crippen LogP contribution in [-0.2, 0) is 22.9 Å². The van der Waals surface area contributed by atoms with E-state index < -0.39 is 6.49 Å². The number of halogens is 1. The molecular formula is C8H8ClO2PS. The van der Waals surface area contributed by atoms with E-state index in [0.29, 0.717) is 6.61 Å². The minimum absolute atomic E-state index is 0.261. The number of alkyl halides is 1. The average Bonchev–Trinajstić information content (AvgIpc) is 2.18. The Hall–Kier alpha value is -0.0800. The Labute approximate surface area is 87.0 Å². The monoisotopic (exact) mass is 234 g/mol. The van der Waals surface area contributed by atoms with Crippen molar-refractivity contribution in [2.24, 2.45) is 0 Å². The molecule has 1 heterocycles. The molecule has 0 saturated carbocycles. The lowest BCUT2D eigenvalue weighted by Gasteiger charge is -2.27. The standard InChI is InChI=1S/C8H8ClO2PS/c9-6-12(13)10-5-7-3-1-2-4-8(7)11-12/h1-4H,5-6H2. The minimum atomic E-state index is -2.23. The Kier molecular flexibility index (Phi) is 2.61. The number of benzene rings is 1. The fourth-order valence-corrected chi connectivity index (χ4v) is 2.85. The fraction of sp³-hybridized carbons (Fsp3) is 0.250. The van der Waals surface area contributed by atoms with Gasteiger partial charge in [0, 0.05) is 5.56 Å². The average molecular weight is 235 g/mol. The van der Waals surface area contributed by atoms with Crippen LogP contribution in [0.5, 0.6) is 5.75 Å². The summed E-state index contributed by atoms with van der Waals surface area (Å²) in [5.74, 6) is 0.817. The maximum Gasteiger partial charge on any atom is 0.253 e. The summed E-state index contributed by atoms with van der Waals surface area (Å²) in [7, 11) is 0. The van der Waals surface area contributed by atoms with E-state index in [1.54, 1.807) is 0 Å². The lowest BCUT2D eigenvalue weighted by atomic mass is 10.2. The van der Waals surface area contributed by atoms with Gasteiger partial charge in [-0.25, -0.2) is 0 Å². The maximum atomic E-state index is 5.68. The zero-order chi connectivity index (χ0) is 9.31. The van der Waals surface area contributed by atoms with Crippen molar-refractivity contribution in [3.05, 3.63) is 29.8 Å². The summed E-state index contributed by atoms with van der Waals surface area (Å²) in [5, 5.41) is 0. The normalized spacial score (nSPS) is 26.2. The van der Waals surface area contributed by atoms with Crippen LogP contribution in [0.15, 0.2) is 24.3 Å². The molecule has 70 valence electrons. The second-order valence-corrected chi connectivity index (χ2v) is 6.99. The molecule has 1 aromatic rings. The van der Waals surface area contributed by atoms with Gasteiger partial charge < -0.3 is 9.05 Å². The van der Waals surface area contributed by atoms with Crippen LogP contribution in [0, 0.1) is 0 Å². The van der Waals surface area contributed by atoms with Crippen molar-refractivity contribution in [2.75, 3.05) is 5.62 Å². The predicted octanol–water partition coefficient (Wildman–Crippen LogP) is 3.10. The van der Waals surface area contributed by atoms with Gasteiger partial charge >= 0.3 is 0 Å². The van der Waals surface area contributed by atoms with Crippen LogP contribution in [0.4, 0.5) is 0 Å². The topological polar surface area (TPSA) is 18.5 Å². The van der Waals surface area contributed by atoms with E-state index in [-0.39, 0.29) is 5.62 Å². The molecule has 2 rings (SSSR count). The number of fused-ring (bicyclic) bond motifs is 1. The summed E-state index contributed by atoms with van der Waals surface area (Å²) in [6.45, 7) is -1.71. The van der Waals surface area contributed by atoms with Crippen LogP contribution in [0.3, 0.4) is 0 Å². The van der Waals surface area contributed by atoms with Gasteiger partial charge in [0.1, 0.15) is 11.4 Å². The zero-order valence-electron chi connectivity index (χ0n) is 6.77. The molecular weight excluding hydrogens is 227 g/mol. The van der Waals surface area contributed by atoms with Gasteiger partial charge in [0.2, 0.25) is 0 Å². The molecule has 13 heavy (non-hydrogen) atoms. The highest BCUT2D eigenvalue weighted by Crippen LogP contribution is 2.54. The van der Waals surface area contributed by atoms with E-state index in [2.05, 4.69) is 0 Å². The summed E-state index contributed by atoms with van der Waals surface area (Å²) in [6.07, 6.45) is 0. The van der Waals surface area contributed by atoms with Gasteiger partial charge in [-0.15, -0.1) is 11.6 Å². The first kappa shape index (κ1) is 9.47. The SMILES string of the molecule is S=P1(CCl)OCc2ccccc2O1. The van der Waals surface area contributed by atoms with Gasteiger partial charge in [-0.1, -0.05) is 18.2 Å². The van der Waals surface area contributed by atoms with Crippen molar-refractivity contribution < 1.29 is 9.05 Å². The lowest BCUT2D eigenvalue weighted by Crippen LogP contribution is -2.07. The van der Waals surface area contributed by atoms with Crippen LogP contribution >= 0.6 is 18.1 Å². The quantitative estimate of drug-likeness (QED) is 0.550. The van der Waals surface area contributed by atoms with Gasteiger partial charge in [0.15, 0.2) is 0 Å². The first-order valence-corrected chi connectivity index (χ1v) is 7.16. The number of hydrogen-bond donors (Lipinski definition) is 0. The number of rotatable bonds is 1. The van der Waals surface area contributed by atoms with Gasteiger partial charge in [-0.2, -0.15) is 0 Å². The summed E-state index contributed by atoms with van der Waals surface area (Å²) < 4.78 is 11.0. The van der Waals surface area contributed by atoms with E-state index in [9.17, 15) is 0 Å². The minimum Gasteiger partial charge on any atom is -0.442 e. The number of para-hydroxylation sites is 1. The van der Waals surface area contributed by atoms with Crippen LogP contribution in [0.25, 0.3) is 0 Å². The van der Waals surface area contributed by atoms with Gasteiger partial charge in [-0.3, -0.25) is 0 Å². The fourth-order valence-electron chi connectivity index (χ4n) is 1.12. The summed E-state index contributed by atoms with van der Waals surface area (Å²) in [5.41, 5.74) is 1.30. The first-order valence-electron chi connectivity index (χ1n) is 3.80. The van der Waals surface area contributed by atoms with E-state index in [0.717, 1.165) is 11.3 Å². The van der Waals surface area contributed by atoms with E-state index in [1.165, 1.54) is 0 Å². The number of hydrogen-bond acceptors (Lipinski definition) is 3. The molecule has 1 aromatic carbocycles. The maximum absolute atomic E-state index is 5.68. The summed E-state index contributed by atoms with van der Waals surface area (Å²) in [6, 6.07) is 7.72. The highest BCUT2D eigenvalue weighted by Gasteiger charge is 2.25. The van der Waals surface area contributed by atoms with Gasteiger partial charge in [0.05, 0.1) is 6.61 Å². The molecule has 0 saturated heterocycles. The van der Waals surface area contributed by atoms with Gasteiger partial charge in [0.25, 0.3) is 6.49 Å². The molecule has 0 aliphatic carbocycles. The third kappa shape index (κ3) is 1.89. The molecule has 1 aliphatic rings. The van der Waals surface area contributed by atoms with Crippen molar-refractivity contribution in [2.45, 2.75) is 6.61 Å². The van der Waals surface area contributed by atoms with E-state index in [1.807, 2.05) is 24.3 Å². The second kappa shape index (κ2) is 3.58. The molecule has 0 fully saturated rings. The molecule has 0 amide bonds. The molecule has 0 aromatic heterocycles. The Bertz CT molecular complexity index is 369. The van der Waals surface area contributed by atoms with Crippen molar-refractivity contribution >= 4 is 29.9 Å². The predicted molar refractivity (Wildman–Crippen MR) is 56.9 cm³/mol. The third-order valence-corrected chi connectivity index (χ3v) is 5.36. The van der Waals surface area contributed by atoms with Crippen LogP contribution in [0.2, 0.25) is 0 Å². The van der Waals surface area contributed by atoms with Crippen LogP contribution < -0.4 is 4.52 Å². The Morgan fingerprint density at radius 3 is 3.00 bits per heavy atom. The van der Waals surface area contributed by atoms with Gasteiger partial charge in [-0.05, 0) is 17.9 Å². The van der Waals surface area contributed by atoms with Crippen molar-refractivity contribution in [1.29, 1.82) is 0 Å². The summed E-state index contributed by atoms with van der Waals surface area (Å²) >= 11 is 10.8. The Balaban J connectivity index is 2.35. The molecule has 5 heteroatoms. The largest absolute Gasteiger partial charge is 0.442 e. The highest BCUT2D eigenvalue weighted by atomic mass is 35.5. The lowest BCUT2D eigenvalue weighted by molar-refractivity contribution is 0.277.